The molecule has 0 saturated carbocycles. The zero-order valence-corrected chi connectivity index (χ0v) is 15.1. The van der Waals surface area contributed by atoms with Crippen molar-refractivity contribution in [2.45, 2.75) is 20.4 Å². The van der Waals surface area contributed by atoms with E-state index in [9.17, 15) is 4.79 Å². The molecule has 6 heteroatoms. The average molecular weight is 352 g/mol. The normalized spacial score (nSPS) is 11.3. The topological polar surface area (TPSA) is 95.6 Å². The van der Waals surface area contributed by atoms with Crippen LogP contribution in [0.15, 0.2) is 47.5 Å². The molecule has 4 N–H and O–H groups in total. The van der Waals surface area contributed by atoms with E-state index in [1.54, 1.807) is 6.07 Å². The molecule has 6 nitrogen and oxygen atoms in total. The van der Waals surface area contributed by atoms with E-state index < -0.39 is 5.91 Å². The number of nitrogens with zero attached hydrogens (tertiary/aromatic N) is 2. The first kappa shape index (κ1) is 17.9. The summed E-state index contributed by atoms with van der Waals surface area (Å²) >= 11 is 0. The number of amides is 1. The minimum atomic E-state index is -0.445. The molecule has 0 bridgehead atoms. The number of rotatable bonds is 6. The molecule has 0 aliphatic carbocycles. The number of fused-ring (bicyclic) bond motifs is 3. The van der Waals surface area contributed by atoms with Crippen LogP contribution in [0.5, 0.6) is 0 Å². The van der Waals surface area contributed by atoms with E-state index in [0.717, 1.165) is 28.4 Å². The van der Waals surface area contributed by atoms with E-state index in [1.807, 2.05) is 24.3 Å². The molecule has 0 spiro atoms. The third-order valence-corrected chi connectivity index (χ3v) is 4.16. The fourth-order valence-corrected chi connectivity index (χ4v) is 3.08. The average Bonchev–Trinajstić information content (AvgIpc) is 2.91. The molecule has 2 aromatic carbocycles. The Bertz CT molecular complexity index is 969. The Labute approximate surface area is 152 Å². The van der Waals surface area contributed by atoms with Gasteiger partial charge in [-0.3, -0.25) is 4.79 Å². The monoisotopic (exact) mass is 352 g/mol. The van der Waals surface area contributed by atoms with Gasteiger partial charge in [0.1, 0.15) is 0 Å². The van der Waals surface area contributed by atoms with Crippen molar-refractivity contribution in [2.24, 2.45) is 22.4 Å². The second-order valence-electron chi connectivity index (χ2n) is 6.71. The molecule has 0 fully saturated rings. The molecule has 3 aromatic rings. The van der Waals surface area contributed by atoms with E-state index in [1.165, 1.54) is 0 Å². The minimum absolute atomic E-state index is 0.238. The fourth-order valence-electron chi connectivity index (χ4n) is 3.08. The Morgan fingerprint density at radius 2 is 1.85 bits per heavy atom. The molecule has 0 radical (unpaired) electrons. The molecule has 3 rings (SSSR count). The van der Waals surface area contributed by atoms with E-state index >= 15 is 0 Å². The first-order valence-electron chi connectivity index (χ1n) is 8.70. The molecular formula is C20H24N4O2. The van der Waals surface area contributed by atoms with E-state index in [0.29, 0.717) is 24.6 Å². The lowest BCUT2D eigenvalue weighted by Crippen LogP contribution is -2.24. The molecule has 136 valence electrons. The second-order valence-corrected chi connectivity index (χ2v) is 6.71. The highest BCUT2D eigenvalue weighted by molar-refractivity contribution is 6.11. The van der Waals surface area contributed by atoms with Crippen LogP contribution in [-0.2, 0) is 11.3 Å². The van der Waals surface area contributed by atoms with Gasteiger partial charge in [-0.25, -0.2) is 0 Å². The third-order valence-electron chi connectivity index (χ3n) is 4.16. The number of hydrogen-bond acceptors (Lipinski definition) is 2. The van der Waals surface area contributed by atoms with Crippen LogP contribution in [0.25, 0.3) is 21.8 Å². The van der Waals surface area contributed by atoms with Crippen molar-refractivity contribution in [3.8, 4) is 0 Å². The van der Waals surface area contributed by atoms with Crippen LogP contribution in [0.2, 0.25) is 0 Å². The summed E-state index contributed by atoms with van der Waals surface area (Å²) in [5.74, 6) is -0.186. The van der Waals surface area contributed by atoms with Crippen molar-refractivity contribution in [1.29, 1.82) is 0 Å². The molecule has 0 aliphatic heterocycles. The lowest BCUT2D eigenvalue weighted by molar-refractivity contribution is 0.100. The Morgan fingerprint density at radius 3 is 2.58 bits per heavy atom. The maximum Gasteiger partial charge on any atom is 0.280 e. The van der Waals surface area contributed by atoms with Gasteiger partial charge in [-0.2, -0.15) is 4.99 Å². The van der Waals surface area contributed by atoms with Gasteiger partial charge in [0.15, 0.2) is 5.96 Å². The number of carbonyl (C=O) groups excluding carboxylic acids is 1. The van der Waals surface area contributed by atoms with Gasteiger partial charge in [-0.05, 0) is 24.1 Å². The van der Waals surface area contributed by atoms with Gasteiger partial charge >= 0.3 is 0 Å². The van der Waals surface area contributed by atoms with E-state index in [4.69, 9.17) is 16.2 Å². The Hall–Kier alpha value is -2.86. The highest BCUT2D eigenvalue weighted by Gasteiger charge is 2.13. The van der Waals surface area contributed by atoms with Crippen molar-refractivity contribution < 1.29 is 9.53 Å². The maximum atomic E-state index is 12.2. The standard InChI is InChI=1S/C20H24N4O2/c1-13(2)12-26-10-9-24-17-6-4-3-5-15(17)16-8-7-14(11-18(16)24)19(25)23-20(21)22/h3-8,11,13H,9-10,12H2,1-2H3,(H4,21,22,23,25). The number of aromatic nitrogens is 1. The first-order chi connectivity index (χ1) is 12.5. The zero-order valence-electron chi connectivity index (χ0n) is 15.1. The Balaban J connectivity index is 2.03. The van der Waals surface area contributed by atoms with Gasteiger partial charge in [-0.15, -0.1) is 0 Å². The number of carbonyl (C=O) groups is 1. The SMILES string of the molecule is CC(C)COCCn1c2ccccc2c2ccc(C(=O)N=C(N)N)cc21. The lowest BCUT2D eigenvalue weighted by Gasteiger charge is -2.10. The highest BCUT2D eigenvalue weighted by atomic mass is 16.5. The predicted molar refractivity (Wildman–Crippen MR) is 105 cm³/mol. The van der Waals surface area contributed by atoms with Crippen LogP contribution in [0.3, 0.4) is 0 Å². The molecule has 1 amide bonds. The number of para-hydroxylation sites is 1. The predicted octanol–water partition coefficient (Wildman–Crippen LogP) is 2.88. The molecular weight excluding hydrogens is 328 g/mol. The van der Waals surface area contributed by atoms with Gasteiger partial charge in [0.2, 0.25) is 0 Å². The van der Waals surface area contributed by atoms with Crippen LogP contribution in [0, 0.1) is 5.92 Å². The van der Waals surface area contributed by atoms with Gasteiger partial charge in [0, 0.05) is 40.5 Å². The molecule has 1 aromatic heterocycles. The summed E-state index contributed by atoms with van der Waals surface area (Å²) in [5.41, 5.74) is 13.2. The number of aliphatic imine (C=N–C) groups is 1. The number of ether oxygens (including phenoxy) is 1. The van der Waals surface area contributed by atoms with Gasteiger partial charge < -0.3 is 20.8 Å². The Morgan fingerprint density at radius 1 is 1.12 bits per heavy atom. The van der Waals surface area contributed by atoms with Crippen LogP contribution < -0.4 is 11.5 Å². The molecule has 0 saturated heterocycles. The summed E-state index contributed by atoms with van der Waals surface area (Å²) in [4.78, 5) is 15.8. The molecule has 0 atom stereocenters. The molecule has 1 heterocycles. The summed E-state index contributed by atoms with van der Waals surface area (Å²) < 4.78 is 7.93. The minimum Gasteiger partial charge on any atom is -0.379 e. The van der Waals surface area contributed by atoms with Gasteiger partial charge in [0.05, 0.1) is 6.61 Å². The number of hydrogen-bond donors (Lipinski definition) is 2. The second kappa shape index (κ2) is 7.58. The smallest absolute Gasteiger partial charge is 0.280 e. The fraction of sp³-hybridized carbons (Fsp3) is 0.300. The summed E-state index contributed by atoms with van der Waals surface area (Å²) in [5, 5.41) is 2.23. The van der Waals surface area contributed by atoms with Crippen molar-refractivity contribution >= 4 is 33.7 Å². The van der Waals surface area contributed by atoms with Gasteiger partial charge in [0.25, 0.3) is 5.91 Å². The first-order valence-corrected chi connectivity index (χ1v) is 8.70. The number of benzene rings is 2. The summed E-state index contributed by atoms with van der Waals surface area (Å²) in [6.07, 6.45) is 0. The van der Waals surface area contributed by atoms with Crippen molar-refractivity contribution in [3.05, 3.63) is 48.0 Å². The largest absolute Gasteiger partial charge is 0.379 e. The van der Waals surface area contributed by atoms with E-state index in [-0.39, 0.29) is 5.96 Å². The van der Waals surface area contributed by atoms with Crippen LogP contribution >= 0.6 is 0 Å². The van der Waals surface area contributed by atoms with Crippen LogP contribution in [-0.4, -0.2) is 29.6 Å². The highest BCUT2D eigenvalue weighted by Crippen LogP contribution is 2.29. The summed E-state index contributed by atoms with van der Waals surface area (Å²) in [6, 6.07) is 13.7. The van der Waals surface area contributed by atoms with Crippen molar-refractivity contribution in [2.75, 3.05) is 13.2 Å². The Kier molecular flexibility index (Phi) is 5.23. The van der Waals surface area contributed by atoms with Crippen LogP contribution in [0.1, 0.15) is 24.2 Å². The van der Waals surface area contributed by atoms with Crippen LogP contribution in [0.4, 0.5) is 0 Å². The number of nitrogens with two attached hydrogens (primary N) is 2. The quantitative estimate of drug-likeness (QED) is 0.405. The maximum absolute atomic E-state index is 12.2. The molecule has 0 unspecified atom stereocenters. The number of guanidine groups is 1. The van der Waals surface area contributed by atoms with E-state index in [2.05, 4.69) is 35.5 Å². The van der Waals surface area contributed by atoms with Crippen molar-refractivity contribution in [3.63, 3.8) is 0 Å². The molecule has 26 heavy (non-hydrogen) atoms. The van der Waals surface area contributed by atoms with Crippen molar-refractivity contribution in [1.82, 2.24) is 4.57 Å². The van der Waals surface area contributed by atoms with Gasteiger partial charge in [-0.1, -0.05) is 38.1 Å². The lowest BCUT2D eigenvalue weighted by atomic mass is 10.1. The third kappa shape index (κ3) is 3.70. The summed E-state index contributed by atoms with van der Waals surface area (Å²) in [6.45, 7) is 6.30. The zero-order chi connectivity index (χ0) is 18.7. The summed E-state index contributed by atoms with van der Waals surface area (Å²) in [7, 11) is 0. The molecule has 0 aliphatic rings.